The Morgan fingerprint density at radius 2 is 2.20 bits per heavy atom. The maximum absolute atomic E-state index is 6.08. The van der Waals surface area contributed by atoms with Crippen LogP contribution < -0.4 is 4.90 Å². The predicted octanol–water partition coefficient (Wildman–Crippen LogP) is 5.03. The topological polar surface area (TPSA) is 16.1 Å². The van der Waals surface area contributed by atoms with E-state index in [-0.39, 0.29) is 0 Å². The Labute approximate surface area is 133 Å². The first-order valence-electron chi connectivity index (χ1n) is 7.16. The molecule has 2 heterocycles. The summed E-state index contributed by atoms with van der Waals surface area (Å²) in [4.78, 5) is 7.01. The molecular weight excluding hydrogens is 336 g/mol. The molecule has 1 aromatic carbocycles. The second kappa shape index (κ2) is 6.31. The first kappa shape index (κ1) is 14.2. The molecule has 3 rings (SSSR count). The highest BCUT2D eigenvalue weighted by Crippen LogP contribution is 2.32. The highest BCUT2D eigenvalue weighted by Gasteiger charge is 2.23. The van der Waals surface area contributed by atoms with Crippen molar-refractivity contribution in [3.63, 3.8) is 0 Å². The van der Waals surface area contributed by atoms with Gasteiger partial charge in [-0.3, -0.25) is 4.98 Å². The van der Waals surface area contributed by atoms with Crippen LogP contribution in [0.2, 0.25) is 5.02 Å². The lowest BCUT2D eigenvalue weighted by molar-refractivity contribution is 0.453. The Morgan fingerprint density at radius 1 is 1.30 bits per heavy atom. The molecule has 106 valence electrons. The van der Waals surface area contributed by atoms with Crippen molar-refractivity contribution in [2.45, 2.75) is 31.7 Å². The van der Waals surface area contributed by atoms with Crippen LogP contribution >= 0.6 is 27.5 Å². The molecule has 20 heavy (non-hydrogen) atoms. The van der Waals surface area contributed by atoms with Crippen molar-refractivity contribution < 1.29 is 0 Å². The first-order chi connectivity index (χ1) is 9.79. The zero-order valence-electron chi connectivity index (χ0n) is 11.4. The maximum Gasteiger partial charge on any atom is 0.0737 e. The van der Waals surface area contributed by atoms with Gasteiger partial charge in [-0.25, -0.2) is 0 Å². The molecule has 2 nitrogen and oxygen atoms in total. The number of fused-ring (bicyclic) bond motifs is 1. The number of alkyl halides is 1. The van der Waals surface area contributed by atoms with Crippen LogP contribution in [0.3, 0.4) is 0 Å². The minimum absolute atomic E-state index is 0.629. The zero-order chi connectivity index (χ0) is 13.9. The third kappa shape index (κ3) is 2.79. The number of nitrogens with zero attached hydrogens (tertiary/aromatic N) is 2. The second-order valence-electron chi connectivity index (χ2n) is 5.31. The molecule has 1 aliphatic rings. The van der Waals surface area contributed by atoms with Gasteiger partial charge in [0.2, 0.25) is 0 Å². The van der Waals surface area contributed by atoms with E-state index in [1.165, 1.54) is 36.8 Å². The molecular formula is C16H18BrClN2. The first-order valence-corrected chi connectivity index (χ1v) is 8.66. The lowest BCUT2D eigenvalue weighted by Gasteiger charge is -2.38. The Kier molecular flexibility index (Phi) is 4.47. The molecule has 0 radical (unpaired) electrons. The molecule has 2 aromatic rings. The predicted molar refractivity (Wildman–Crippen MR) is 90.1 cm³/mol. The normalized spacial score (nSPS) is 19.5. The largest absolute Gasteiger partial charge is 0.368 e. The highest BCUT2D eigenvalue weighted by molar-refractivity contribution is 9.09. The van der Waals surface area contributed by atoms with Crippen LogP contribution in [-0.2, 0) is 0 Å². The average molecular weight is 354 g/mol. The molecule has 0 amide bonds. The van der Waals surface area contributed by atoms with Crippen molar-refractivity contribution in [1.29, 1.82) is 0 Å². The third-order valence-corrected chi connectivity index (χ3v) is 4.75. The van der Waals surface area contributed by atoms with E-state index in [4.69, 9.17) is 11.6 Å². The SMILES string of the molecule is Clc1ccc2c(N3CCCCC3CCBr)ccnc2c1. The third-order valence-electron chi connectivity index (χ3n) is 4.06. The number of pyridine rings is 1. The van der Waals surface area contributed by atoms with E-state index in [9.17, 15) is 0 Å². The molecule has 0 bridgehead atoms. The Morgan fingerprint density at radius 3 is 3.05 bits per heavy atom. The van der Waals surface area contributed by atoms with Gasteiger partial charge in [0.15, 0.2) is 0 Å². The molecule has 0 N–H and O–H groups in total. The van der Waals surface area contributed by atoms with Crippen LogP contribution in [0, 0.1) is 0 Å². The van der Waals surface area contributed by atoms with Gasteiger partial charge in [-0.1, -0.05) is 27.5 Å². The summed E-state index contributed by atoms with van der Waals surface area (Å²) in [5.41, 5.74) is 2.29. The van der Waals surface area contributed by atoms with Gasteiger partial charge in [0.25, 0.3) is 0 Å². The van der Waals surface area contributed by atoms with Crippen LogP contribution in [0.5, 0.6) is 0 Å². The smallest absolute Gasteiger partial charge is 0.0737 e. The Balaban J connectivity index is 2.03. The summed E-state index contributed by atoms with van der Waals surface area (Å²) < 4.78 is 0. The number of rotatable bonds is 3. The molecule has 1 aliphatic heterocycles. The Bertz CT molecular complexity index is 600. The van der Waals surface area contributed by atoms with Crippen LogP contribution in [-0.4, -0.2) is 22.9 Å². The molecule has 0 aliphatic carbocycles. The molecule has 0 spiro atoms. The number of hydrogen-bond donors (Lipinski definition) is 0. The average Bonchev–Trinajstić information content (AvgIpc) is 2.47. The van der Waals surface area contributed by atoms with Gasteiger partial charge in [0.05, 0.1) is 5.52 Å². The minimum Gasteiger partial charge on any atom is -0.368 e. The van der Waals surface area contributed by atoms with Gasteiger partial charge in [0, 0.05) is 40.2 Å². The van der Waals surface area contributed by atoms with Crippen molar-refractivity contribution in [3.8, 4) is 0 Å². The lowest BCUT2D eigenvalue weighted by atomic mass is 9.98. The van der Waals surface area contributed by atoms with E-state index in [0.717, 1.165) is 22.4 Å². The van der Waals surface area contributed by atoms with Crippen molar-refractivity contribution in [2.75, 3.05) is 16.8 Å². The van der Waals surface area contributed by atoms with Gasteiger partial charge in [-0.2, -0.15) is 0 Å². The Hall–Kier alpha value is -0.800. The van der Waals surface area contributed by atoms with Gasteiger partial charge in [0.1, 0.15) is 0 Å². The number of aromatic nitrogens is 1. The summed E-state index contributed by atoms with van der Waals surface area (Å²) >= 11 is 9.66. The molecule has 0 saturated carbocycles. The second-order valence-corrected chi connectivity index (χ2v) is 6.54. The van der Waals surface area contributed by atoms with E-state index < -0.39 is 0 Å². The number of anilines is 1. The maximum atomic E-state index is 6.08. The summed E-state index contributed by atoms with van der Waals surface area (Å²) in [7, 11) is 0. The summed E-state index contributed by atoms with van der Waals surface area (Å²) in [6, 6.07) is 8.77. The molecule has 1 unspecified atom stereocenters. The monoisotopic (exact) mass is 352 g/mol. The molecule has 1 saturated heterocycles. The van der Waals surface area contributed by atoms with E-state index >= 15 is 0 Å². The van der Waals surface area contributed by atoms with Crippen molar-refractivity contribution >= 4 is 44.1 Å². The number of halogens is 2. The fraction of sp³-hybridized carbons (Fsp3) is 0.438. The fourth-order valence-corrected chi connectivity index (χ4v) is 3.80. The fourth-order valence-electron chi connectivity index (χ4n) is 3.10. The molecule has 4 heteroatoms. The standard InChI is InChI=1S/C16H18BrClN2/c17-8-6-13-3-1-2-10-20(13)16-7-9-19-15-11-12(18)4-5-14(15)16/h4-5,7,9,11,13H,1-3,6,8,10H2. The summed E-state index contributed by atoms with van der Waals surface area (Å²) in [5.74, 6) is 0. The van der Waals surface area contributed by atoms with E-state index in [2.05, 4.69) is 37.9 Å². The van der Waals surface area contributed by atoms with Gasteiger partial charge in [-0.05, 0) is 49.9 Å². The van der Waals surface area contributed by atoms with E-state index in [0.29, 0.717) is 6.04 Å². The van der Waals surface area contributed by atoms with Gasteiger partial charge >= 0.3 is 0 Å². The number of benzene rings is 1. The van der Waals surface area contributed by atoms with Crippen molar-refractivity contribution in [2.24, 2.45) is 0 Å². The quantitative estimate of drug-likeness (QED) is 0.719. The molecule has 1 atom stereocenters. The van der Waals surface area contributed by atoms with Crippen LogP contribution in [0.4, 0.5) is 5.69 Å². The zero-order valence-corrected chi connectivity index (χ0v) is 13.7. The lowest BCUT2D eigenvalue weighted by Crippen LogP contribution is -2.40. The minimum atomic E-state index is 0.629. The highest BCUT2D eigenvalue weighted by atomic mass is 79.9. The number of hydrogen-bond acceptors (Lipinski definition) is 2. The summed E-state index contributed by atoms with van der Waals surface area (Å²) in [6.07, 6.45) is 6.98. The van der Waals surface area contributed by atoms with Crippen LogP contribution in [0.15, 0.2) is 30.5 Å². The van der Waals surface area contributed by atoms with E-state index in [1.807, 2.05) is 18.3 Å². The van der Waals surface area contributed by atoms with E-state index in [1.54, 1.807) is 0 Å². The van der Waals surface area contributed by atoms with Crippen LogP contribution in [0.25, 0.3) is 10.9 Å². The van der Waals surface area contributed by atoms with Crippen molar-refractivity contribution in [3.05, 3.63) is 35.5 Å². The molecule has 1 aromatic heterocycles. The summed E-state index contributed by atoms with van der Waals surface area (Å²) in [5, 5.41) is 3.01. The van der Waals surface area contributed by atoms with Crippen molar-refractivity contribution in [1.82, 2.24) is 4.98 Å². The van der Waals surface area contributed by atoms with Crippen LogP contribution in [0.1, 0.15) is 25.7 Å². The van der Waals surface area contributed by atoms with Gasteiger partial charge in [-0.15, -0.1) is 0 Å². The summed E-state index contributed by atoms with van der Waals surface area (Å²) in [6.45, 7) is 1.14. The van der Waals surface area contributed by atoms with Gasteiger partial charge < -0.3 is 4.90 Å². The number of piperidine rings is 1. The molecule has 1 fully saturated rings.